The highest BCUT2D eigenvalue weighted by Crippen LogP contribution is 2.37. The fraction of sp³-hybridized carbons (Fsp3) is 0.290. The molecule has 0 radical (unpaired) electrons. The molecular formula is C31H30FN3O2S. The van der Waals surface area contributed by atoms with Crippen LogP contribution in [0.4, 0.5) is 4.39 Å². The van der Waals surface area contributed by atoms with E-state index in [1.165, 1.54) is 16.5 Å². The van der Waals surface area contributed by atoms with Gasteiger partial charge in [-0.25, -0.2) is 4.39 Å². The normalized spacial score (nSPS) is 18.3. The molecule has 2 aliphatic heterocycles. The van der Waals surface area contributed by atoms with Crippen LogP contribution in [0.5, 0.6) is 0 Å². The first-order chi connectivity index (χ1) is 18.6. The average Bonchev–Trinajstić information content (AvgIpc) is 3.27. The lowest BCUT2D eigenvalue weighted by molar-refractivity contribution is -0.132. The molecule has 0 aliphatic carbocycles. The highest BCUT2D eigenvalue weighted by atomic mass is 32.1. The quantitative estimate of drug-likeness (QED) is 0.359. The number of carbonyl (C=O) groups is 2. The summed E-state index contributed by atoms with van der Waals surface area (Å²) < 4.78 is 14.1. The SMILES string of the molecule is O=C(CN1CCc2sccc2[C@H]1c1cccc(F)c1)N1CCCN(C(=O)c2ccc3ccccc3c2)CC1. The number of carbonyl (C=O) groups excluding carboxylic acids is 2. The number of thiophene rings is 1. The molecule has 0 spiro atoms. The molecule has 6 rings (SSSR count). The number of rotatable bonds is 4. The Hall–Kier alpha value is -3.55. The molecule has 5 nitrogen and oxygen atoms in total. The van der Waals surface area contributed by atoms with Gasteiger partial charge < -0.3 is 9.80 Å². The summed E-state index contributed by atoms with van der Waals surface area (Å²) >= 11 is 1.73. The Morgan fingerprint density at radius 2 is 1.66 bits per heavy atom. The lowest BCUT2D eigenvalue weighted by Gasteiger charge is -2.37. The molecule has 3 heterocycles. The molecule has 0 saturated carbocycles. The molecule has 1 atom stereocenters. The van der Waals surface area contributed by atoms with E-state index in [9.17, 15) is 14.0 Å². The molecule has 0 unspecified atom stereocenters. The van der Waals surface area contributed by atoms with Gasteiger partial charge in [-0.1, -0.05) is 42.5 Å². The highest BCUT2D eigenvalue weighted by molar-refractivity contribution is 7.10. The summed E-state index contributed by atoms with van der Waals surface area (Å²) in [5.74, 6) is -0.192. The maximum Gasteiger partial charge on any atom is 0.253 e. The Morgan fingerprint density at radius 1 is 0.842 bits per heavy atom. The first-order valence-corrected chi connectivity index (χ1v) is 14.1. The monoisotopic (exact) mass is 527 g/mol. The van der Waals surface area contributed by atoms with E-state index < -0.39 is 0 Å². The second-order valence-corrected chi connectivity index (χ2v) is 11.1. The molecule has 194 valence electrons. The number of hydrogen-bond donors (Lipinski definition) is 0. The van der Waals surface area contributed by atoms with Gasteiger partial charge in [0.1, 0.15) is 5.82 Å². The minimum atomic E-state index is -0.264. The van der Waals surface area contributed by atoms with Crippen LogP contribution >= 0.6 is 11.3 Å². The molecule has 0 bridgehead atoms. The number of nitrogens with zero attached hydrogens (tertiary/aromatic N) is 3. The molecule has 1 fully saturated rings. The number of halogens is 1. The fourth-order valence-corrected chi connectivity index (χ4v) is 6.66. The van der Waals surface area contributed by atoms with Gasteiger partial charge in [0.2, 0.25) is 5.91 Å². The summed E-state index contributed by atoms with van der Waals surface area (Å²) in [5.41, 5.74) is 2.73. The number of hydrogen-bond acceptors (Lipinski definition) is 4. The standard InChI is InChI=1S/C31H30FN3O2S/c32-26-8-3-7-24(20-26)30-27-12-18-38-28(27)11-15-35(30)21-29(36)33-13-4-14-34(17-16-33)31(37)25-10-9-22-5-1-2-6-23(22)19-25/h1-3,5-10,12,18-20,30H,4,11,13-17,21H2/t30-/m1/s1. The minimum Gasteiger partial charge on any atom is -0.340 e. The van der Waals surface area contributed by atoms with Gasteiger partial charge in [0, 0.05) is 43.2 Å². The zero-order valence-electron chi connectivity index (χ0n) is 21.2. The van der Waals surface area contributed by atoms with Gasteiger partial charge in [0.25, 0.3) is 5.91 Å². The van der Waals surface area contributed by atoms with Crippen molar-refractivity contribution in [1.82, 2.24) is 14.7 Å². The number of amides is 2. The van der Waals surface area contributed by atoms with Crippen molar-refractivity contribution in [3.63, 3.8) is 0 Å². The molecule has 3 aromatic carbocycles. The molecule has 7 heteroatoms. The van der Waals surface area contributed by atoms with Gasteiger partial charge in [0.15, 0.2) is 0 Å². The van der Waals surface area contributed by atoms with E-state index in [2.05, 4.69) is 16.3 Å². The predicted octanol–water partition coefficient (Wildman–Crippen LogP) is 5.36. The van der Waals surface area contributed by atoms with Gasteiger partial charge in [-0.05, 0) is 70.5 Å². The third-order valence-corrected chi connectivity index (χ3v) is 8.70. The molecule has 0 N–H and O–H groups in total. The van der Waals surface area contributed by atoms with Crippen molar-refractivity contribution in [3.8, 4) is 0 Å². The summed E-state index contributed by atoms with van der Waals surface area (Å²) in [7, 11) is 0. The maximum atomic E-state index is 14.1. The third kappa shape index (κ3) is 4.96. The van der Waals surface area contributed by atoms with Crippen LogP contribution in [0.1, 0.15) is 38.8 Å². The smallest absolute Gasteiger partial charge is 0.253 e. The summed E-state index contributed by atoms with van der Waals surface area (Å²) in [4.78, 5) is 34.0. The van der Waals surface area contributed by atoms with Gasteiger partial charge in [-0.15, -0.1) is 11.3 Å². The second-order valence-electron chi connectivity index (χ2n) is 10.1. The first-order valence-electron chi connectivity index (χ1n) is 13.2. The van der Waals surface area contributed by atoms with Crippen LogP contribution < -0.4 is 0 Å². The number of fused-ring (bicyclic) bond motifs is 2. The van der Waals surface area contributed by atoms with E-state index in [0.29, 0.717) is 31.7 Å². The Bertz CT molecular complexity index is 1480. The van der Waals surface area contributed by atoms with Gasteiger partial charge in [-0.3, -0.25) is 14.5 Å². The zero-order valence-corrected chi connectivity index (χ0v) is 22.0. The van der Waals surface area contributed by atoms with E-state index in [0.717, 1.165) is 35.7 Å². The summed E-state index contributed by atoms with van der Waals surface area (Å²) in [6.07, 6.45) is 1.63. The van der Waals surface area contributed by atoms with Crippen LogP contribution in [0.15, 0.2) is 78.2 Å². The lowest BCUT2D eigenvalue weighted by atomic mass is 9.93. The Labute approximate surface area is 226 Å². The summed E-state index contributed by atoms with van der Waals surface area (Å²) in [6.45, 7) is 3.31. The fourth-order valence-electron chi connectivity index (χ4n) is 5.75. The van der Waals surface area contributed by atoms with E-state index in [1.54, 1.807) is 23.5 Å². The van der Waals surface area contributed by atoms with E-state index in [4.69, 9.17) is 0 Å². The van der Waals surface area contributed by atoms with Crippen molar-refractivity contribution in [2.24, 2.45) is 0 Å². The minimum absolute atomic E-state index is 0.0113. The van der Waals surface area contributed by atoms with Crippen LogP contribution in [0, 0.1) is 5.82 Å². The van der Waals surface area contributed by atoms with Crippen LogP contribution in [0.2, 0.25) is 0 Å². The Morgan fingerprint density at radius 3 is 2.53 bits per heavy atom. The zero-order chi connectivity index (χ0) is 26.1. The van der Waals surface area contributed by atoms with Crippen molar-refractivity contribution in [1.29, 1.82) is 0 Å². The van der Waals surface area contributed by atoms with Gasteiger partial charge in [0.05, 0.1) is 12.6 Å². The summed E-state index contributed by atoms with van der Waals surface area (Å²) in [6, 6.07) is 22.6. The molecule has 38 heavy (non-hydrogen) atoms. The van der Waals surface area contributed by atoms with Crippen LogP contribution in [0.3, 0.4) is 0 Å². The molecule has 1 aromatic heterocycles. The highest BCUT2D eigenvalue weighted by Gasteiger charge is 2.32. The Balaban J connectivity index is 1.14. The van der Waals surface area contributed by atoms with E-state index in [-0.39, 0.29) is 30.2 Å². The van der Waals surface area contributed by atoms with Crippen molar-refractivity contribution >= 4 is 33.9 Å². The van der Waals surface area contributed by atoms with Gasteiger partial charge >= 0.3 is 0 Å². The van der Waals surface area contributed by atoms with Crippen molar-refractivity contribution in [3.05, 3.63) is 106 Å². The molecular weight excluding hydrogens is 497 g/mol. The largest absolute Gasteiger partial charge is 0.340 e. The molecule has 1 saturated heterocycles. The number of benzene rings is 3. The van der Waals surface area contributed by atoms with Crippen molar-refractivity contribution in [2.45, 2.75) is 18.9 Å². The van der Waals surface area contributed by atoms with Crippen molar-refractivity contribution < 1.29 is 14.0 Å². The second kappa shape index (κ2) is 10.7. The van der Waals surface area contributed by atoms with Crippen molar-refractivity contribution in [2.75, 3.05) is 39.3 Å². The topological polar surface area (TPSA) is 43.9 Å². The molecule has 2 aliphatic rings. The van der Waals surface area contributed by atoms with Gasteiger partial charge in [-0.2, -0.15) is 0 Å². The lowest BCUT2D eigenvalue weighted by Crippen LogP contribution is -2.45. The average molecular weight is 528 g/mol. The predicted molar refractivity (Wildman–Crippen MR) is 149 cm³/mol. The Kier molecular flexibility index (Phi) is 6.96. The van der Waals surface area contributed by atoms with Crippen LogP contribution in [0.25, 0.3) is 10.8 Å². The first kappa shape index (κ1) is 24.8. The molecule has 2 amide bonds. The van der Waals surface area contributed by atoms with Crippen LogP contribution in [-0.4, -0.2) is 65.8 Å². The maximum absolute atomic E-state index is 14.1. The van der Waals surface area contributed by atoms with E-state index >= 15 is 0 Å². The molecule has 4 aromatic rings. The van der Waals surface area contributed by atoms with E-state index in [1.807, 2.05) is 58.3 Å². The van der Waals surface area contributed by atoms with Crippen LogP contribution in [-0.2, 0) is 11.2 Å². The third-order valence-electron chi connectivity index (χ3n) is 7.70. The summed E-state index contributed by atoms with van der Waals surface area (Å²) in [5, 5.41) is 4.24.